The van der Waals surface area contributed by atoms with Gasteiger partial charge in [-0.25, -0.2) is 0 Å². The lowest BCUT2D eigenvalue weighted by atomic mass is 9.52. The molecule has 0 aromatic heterocycles. The maximum absolute atomic E-state index is 6.39. The zero-order valence-electron chi connectivity index (χ0n) is 13.5. The molecule has 0 aromatic rings. The molecule has 0 heterocycles. The monoisotopic (exact) mass is 364 g/mol. The van der Waals surface area contributed by atoms with Crippen LogP contribution in [0.5, 0.6) is 0 Å². The molecule has 106 valence electrons. The van der Waals surface area contributed by atoms with Gasteiger partial charge in [-0.1, -0.05) is 68.2 Å². The van der Waals surface area contributed by atoms with Crippen LogP contribution in [0.3, 0.4) is 0 Å². The van der Waals surface area contributed by atoms with Crippen LogP contribution < -0.4 is 0 Å². The summed E-state index contributed by atoms with van der Waals surface area (Å²) in [6, 6.07) is 0. The summed E-state index contributed by atoms with van der Waals surface area (Å²) in [6.45, 7) is 20.9. The van der Waals surface area contributed by atoms with E-state index >= 15 is 0 Å². The molecule has 2 heteroatoms. The number of halogens is 1. The lowest BCUT2D eigenvalue weighted by Gasteiger charge is -2.60. The Bertz CT molecular complexity index is 289. The van der Waals surface area contributed by atoms with Gasteiger partial charge in [0.1, 0.15) is 6.61 Å². The van der Waals surface area contributed by atoms with Gasteiger partial charge in [0, 0.05) is 22.6 Å². The predicted octanol–water partition coefficient (Wildman–Crippen LogP) is 5.28. The van der Waals surface area contributed by atoms with Gasteiger partial charge in [0.05, 0.1) is 5.60 Å². The third kappa shape index (κ3) is 3.42. The van der Waals surface area contributed by atoms with Crippen LogP contribution in [-0.4, -0.2) is 12.2 Å². The standard InChI is InChI=1S/C16H29IO/c1-13(2,3)16(14(4,5)6,15(7,8)9)18-12-10-11-17/h12H2,1-9H3. The van der Waals surface area contributed by atoms with Gasteiger partial charge >= 0.3 is 0 Å². The molecule has 0 aromatic carbocycles. The number of rotatable bonds is 2. The molecule has 0 atom stereocenters. The second-order valence-corrected chi connectivity index (χ2v) is 8.53. The zero-order valence-corrected chi connectivity index (χ0v) is 15.7. The summed E-state index contributed by atoms with van der Waals surface area (Å²) in [5.41, 5.74) is -0.128. The van der Waals surface area contributed by atoms with Gasteiger partial charge in [-0.05, 0) is 20.2 Å². The fourth-order valence-electron chi connectivity index (χ4n) is 4.20. The Morgan fingerprint density at radius 1 is 0.778 bits per heavy atom. The normalized spacial score (nSPS) is 14.1. The van der Waals surface area contributed by atoms with E-state index in [4.69, 9.17) is 4.74 Å². The Balaban J connectivity index is 5.80. The summed E-state index contributed by atoms with van der Waals surface area (Å²) in [4.78, 5) is 0. The van der Waals surface area contributed by atoms with E-state index in [-0.39, 0.29) is 21.8 Å². The second kappa shape index (κ2) is 5.71. The van der Waals surface area contributed by atoms with E-state index in [1.165, 1.54) is 0 Å². The predicted molar refractivity (Wildman–Crippen MR) is 88.8 cm³/mol. The van der Waals surface area contributed by atoms with Crippen molar-refractivity contribution in [3.63, 3.8) is 0 Å². The maximum Gasteiger partial charge on any atom is 0.109 e. The van der Waals surface area contributed by atoms with Crippen molar-refractivity contribution in [3.8, 4) is 9.85 Å². The minimum Gasteiger partial charge on any atom is -0.361 e. The lowest BCUT2D eigenvalue weighted by Crippen LogP contribution is -2.63. The van der Waals surface area contributed by atoms with Crippen molar-refractivity contribution in [2.75, 3.05) is 6.61 Å². The van der Waals surface area contributed by atoms with Crippen LogP contribution in [0.15, 0.2) is 0 Å². The Morgan fingerprint density at radius 2 is 1.11 bits per heavy atom. The molecule has 0 amide bonds. The zero-order chi connectivity index (χ0) is 14.8. The summed E-state index contributed by atoms with van der Waals surface area (Å²) in [6.07, 6.45) is 0. The van der Waals surface area contributed by atoms with E-state index in [1.54, 1.807) is 0 Å². The largest absolute Gasteiger partial charge is 0.361 e. The third-order valence-electron chi connectivity index (χ3n) is 3.60. The van der Waals surface area contributed by atoms with Crippen LogP contribution in [0, 0.1) is 26.1 Å². The SMILES string of the molecule is CC(C)(C)C(OCC#CI)(C(C)(C)C)C(C)(C)C. The maximum atomic E-state index is 6.39. The summed E-state index contributed by atoms with van der Waals surface area (Å²) in [7, 11) is 0. The first-order valence-electron chi connectivity index (χ1n) is 6.54. The topological polar surface area (TPSA) is 9.23 Å². The molecule has 0 aliphatic carbocycles. The van der Waals surface area contributed by atoms with E-state index in [1.807, 2.05) is 0 Å². The molecule has 18 heavy (non-hydrogen) atoms. The Morgan fingerprint density at radius 3 is 1.33 bits per heavy atom. The van der Waals surface area contributed by atoms with Crippen LogP contribution in [0.1, 0.15) is 62.3 Å². The Labute approximate surface area is 128 Å². The third-order valence-corrected chi connectivity index (χ3v) is 3.98. The molecule has 0 fully saturated rings. The van der Waals surface area contributed by atoms with E-state index in [0.29, 0.717) is 6.61 Å². The molecule has 0 saturated carbocycles. The smallest absolute Gasteiger partial charge is 0.109 e. The fraction of sp³-hybridized carbons (Fsp3) is 0.875. The molecule has 0 N–H and O–H groups in total. The van der Waals surface area contributed by atoms with Crippen LogP contribution in [0.2, 0.25) is 0 Å². The second-order valence-electron chi connectivity index (χ2n) is 7.99. The van der Waals surface area contributed by atoms with Crippen molar-refractivity contribution in [2.24, 2.45) is 16.2 Å². The van der Waals surface area contributed by atoms with Gasteiger partial charge in [0.25, 0.3) is 0 Å². The van der Waals surface area contributed by atoms with E-state index < -0.39 is 0 Å². The van der Waals surface area contributed by atoms with Gasteiger partial charge in [0.15, 0.2) is 0 Å². The summed E-state index contributed by atoms with van der Waals surface area (Å²) < 4.78 is 9.27. The minimum absolute atomic E-state index is 0.0381. The van der Waals surface area contributed by atoms with Crippen molar-refractivity contribution in [1.29, 1.82) is 0 Å². The minimum atomic E-state index is -0.243. The molecular weight excluding hydrogens is 335 g/mol. The van der Waals surface area contributed by atoms with Crippen LogP contribution in [0.4, 0.5) is 0 Å². The average Bonchev–Trinajstić information content (AvgIpc) is 2.05. The first kappa shape index (κ1) is 18.2. The van der Waals surface area contributed by atoms with Crippen molar-refractivity contribution < 1.29 is 4.74 Å². The molecule has 0 spiro atoms. The average molecular weight is 364 g/mol. The van der Waals surface area contributed by atoms with Crippen molar-refractivity contribution >= 4 is 22.6 Å². The highest BCUT2D eigenvalue weighted by Gasteiger charge is 2.58. The van der Waals surface area contributed by atoms with Gasteiger partial charge in [-0.15, -0.1) is 0 Å². The number of ether oxygens (including phenoxy) is 1. The van der Waals surface area contributed by atoms with Crippen molar-refractivity contribution in [3.05, 3.63) is 0 Å². The first-order chi connectivity index (χ1) is 7.81. The Hall–Kier alpha value is 0.250. The lowest BCUT2D eigenvalue weighted by molar-refractivity contribution is -0.231. The number of hydrogen-bond acceptors (Lipinski definition) is 1. The van der Waals surface area contributed by atoms with Crippen LogP contribution >= 0.6 is 22.6 Å². The molecule has 0 bridgehead atoms. The molecule has 0 aliphatic rings. The highest BCUT2D eigenvalue weighted by Crippen LogP contribution is 2.56. The number of hydrogen-bond donors (Lipinski definition) is 0. The van der Waals surface area contributed by atoms with E-state index in [2.05, 4.69) is 94.8 Å². The highest BCUT2D eigenvalue weighted by atomic mass is 127. The van der Waals surface area contributed by atoms with E-state index in [0.717, 1.165) is 0 Å². The summed E-state index contributed by atoms with van der Waals surface area (Å²) >= 11 is 2.06. The van der Waals surface area contributed by atoms with Gasteiger partial charge in [-0.2, -0.15) is 0 Å². The fourth-order valence-corrected chi connectivity index (χ4v) is 4.35. The first-order valence-corrected chi connectivity index (χ1v) is 7.61. The molecule has 0 unspecified atom stereocenters. The van der Waals surface area contributed by atoms with Crippen LogP contribution in [0.25, 0.3) is 0 Å². The summed E-state index contributed by atoms with van der Waals surface area (Å²) in [5, 5.41) is 0. The van der Waals surface area contributed by atoms with Gasteiger partial charge < -0.3 is 4.74 Å². The van der Waals surface area contributed by atoms with Gasteiger partial charge in [0.2, 0.25) is 0 Å². The molecule has 0 aliphatic heterocycles. The van der Waals surface area contributed by atoms with Crippen LogP contribution in [-0.2, 0) is 4.74 Å². The molecule has 1 nitrogen and oxygen atoms in total. The van der Waals surface area contributed by atoms with Gasteiger partial charge in [-0.3, -0.25) is 0 Å². The van der Waals surface area contributed by atoms with E-state index in [9.17, 15) is 0 Å². The van der Waals surface area contributed by atoms with Crippen molar-refractivity contribution in [2.45, 2.75) is 67.9 Å². The molecule has 0 rings (SSSR count). The molecule has 0 saturated heterocycles. The summed E-state index contributed by atoms with van der Waals surface area (Å²) in [5.74, 6) is 3.03. The Kier molecular flexibility index (Phi) is 5.79. The highest BCUT2D eigenvalue weighted by molar-refractivity contribution is 14.1. The van der Waals surface area contributed by atoms with Crippen molar-refractivity contribution in [1.82, 2.24) is 0 Å². The molecule has 0 radical (unpaired) electrons. The molecular formula is C16H29IO. The quantitative estimate of drug-likeness (QED) is 0.479.